The first-order valence-electron chi connectivity index (χ1n) is 7.04. The van der Waals surface area contributed by atoms with Crippen molar-refractivity contribution in [3.8, 4) is 5.75 Å². The number of fused-ring (bicyclic) bond motifs is 1. The summed E-state index contributed by atoms with van der Waals surface area (Å²) in [5.74, 6) is -0.0622. The number of methoxy groups -OCH3 is 1. The van der Waals surface area contributed by atoms with Crippen LogP contribution in [0.4, 0.5) is 0 Å². The number of rotatable bonds is 5. The zero-order valence-electron chi connectivity index (χ0n) is 12.6. The molecule has 1 aliphatic heterocycles. The van der Waals surface area contributed by atoms with Gasteiger partial charge in [-0.3, -0.25) is 4.79 Å². The van der Waals surface area contributed by atoms with Crippen molar-refractivity contribution in [2.24, 2.45) is 0 Å². The number of amides is 1. The molecule has 24 heavy (non-hydrogen) atoms. The number of hydrogen-bond donors (Lipinski definition) is 1. The highest BCUT2D eigenvalue weighted by molar-refractivity contribution is 7.82. The van der Waals surface area contributed by atoms with E-state index in [1.807, 2.05) is 30.3 Å². The Hall–Kier alpha value is -1.87. The largest absolute Gasteiger partial charge is 0.495 e. The Labute approximate surface area is 143 Å². The highest BCUT2D eigenvalue weighted by atomic mass is 35.5. The molecule has 1 amide bonds. The highest BCUT2D eigenvalue weighted by Gasteiger charge is 2.41. The fourth-order valence-electron chi connectivity index (χ4n) is 2.43. The highest BCUT2D eigenvalue weighted by Crippen LogP contribution is 2.31. The Bertz CT molecular complexity index is 886. The van der Waals surface area contributed by atoms with Crippen molar-refractivity contribution in [1.82, 2.24) is 5.32 Å². The minimum atomic E-state index is -3.98. The average molecular weight is 372 g/mol. The van der Waals surface area contributed by atoms with E-state index < -0.39 is 22.6 Å². The number of hydrogen-bond acceptors (Lipinski definition) is 6. The van der Waals surface area contributed by atoms with Gasteiger partial charge in [0, 0.05) is 6.54 Å². The molecule has 0 radical (unpaired) electrons. The van der Waals surface area contributed by atoms with E-state index in [0.717, 1.165) is 16.3 Å². The first-order chi connectivity index (χ1) is 11.4. The number of nitrogens with one attached hydrogen (secondary N) is 1. The number of carbonyl (C=O) groups is 1. The average Bonchev–Trinajstić information content (AvgIpc) is 2.51. The smallest absolute Gasteiger partial charge is 0.405 e. The van der Waals surface area contributed by atoms with Crippen molar-refractivity contribution in [3.63, 3.8) is 0 Å². The SMILES string of the molecule is COc1cc2c(CCNC(=O)C3OS(=O)(=O)O3)cccc2cc1Cl. The lowest BCUT2D eigenvalue weighted by molar-refractivity contribution is -0.153. The Balaban J connectivity index is 1.68. The van der Waals surface area contributed by atoms with Crippen LogP contribution in [0.25, 0.3) is 10.8 Å². The number of benzene rings is 2. The summed E-state index contributed by atoms with van der Waals surface area (Å²) >= 11 is 6.12. The summed E-state index contributed by atoms with van der Waals surface area (Å²) in [6, 6.07) is 9.43. The Kier molecular flexibility index (Phi) is 4.64. The molecule has 9 heteroatoms. The van der Waals surface area contributed by atoms with Gasteiger partial charge in [-0.1, -0.05) is 29.8 Å². The second-order valence-corrected chi connectivity index (χ2v) is 6.71. The molecule has 2 aromatic rings. The molecule has 3 rings (SSSR count). The summed E-state index contributed by atoms with van der Waals surface area (Å²) < 4.78 is 35.2. The third kappa shape index (κ3) is 3.46. The third-order valence-corrected chi connectivity index (χ3v) is 4.68. The Morgan fingerprint density at radius 2 is 2.08 bits per heavy atom. The van der Waals surface area contributed by atoms with Crippen molar-refractivity contribution < 1.29 is 26.3 Å². The Morgan fingerprint density at radius 1 is 1.33 bits per heavy atom. The summed E-state index contributed by atoms with van der Waals surface area (Å²) in [6.45, 7) is 0.298. The molecule has 0 bridgehead atoms. The van der Waals surface area contributed by atoms with Crippen molar-refractivity contribution >= 4 is 38.7 Å². The van der Waals surface area contributed by atoms with Gasteiger partial charge in [-0.15, -0.1) is 0 Å². The summed E-state index contributed by atoms with van der Waals surface area (Å²) in [5.41, 5.74) is 0.992. The zero-order valence-corrected chi connectivity index (χ0v) is 14.2. The van der Waals surface area contributed by atoms with Gasteiger partial charge in [0.05, 0.1) is 12.1 Å². The van der Waals surface area contributed by atoms with Gasteiger partial charge in [0.25, 0.3) is 12.2 Å². The Morgan fingerprint density at radius 3 is 2.75 bits per heavy atom. The predicted octanol–water partition coefficient (Wildman–Crippen LogP) is 1.78. The van der Waals surface area contributed by atoms with E-state index in [1.165, 1.54) is 0 Å². The first-order valence-corrected chi connectivity index (χ1v) is 8.75. The molecule has 2 aromatic carbocycles. The third-order valence-electron chi connectivity index (χ3n) is 3.56. The molecule has 1 heterocycles. The lowest BCUT2D eigenvalue weighted by Crippen LogP contribution is -2.48. The van der Waals surface area contributed by atoms with Gasteiger partial charge in [0.15, 0.2) is 0 Å². The molecule has 0 atom stereocenters. The molecule has 1 N–H and O–H groups in total. The molecule has 1 fully saturated rings. The molecule has 0 saturated carbocycles. The van der Waals surface area contributed by atoms with Crippen LogP contribution in [0.1, 0.15) is 5.56 Å². The number of ether oxygens (including phenoxy) is 1. The second-order valence-electron chi connectivity index (χ2n) is 5.10. The van der Waals surface area contributed by atoms with Crippen LogP contribution in [0.15, 0.2) is 30.3 Å². The summed E-state index contributed by atoms with van der Waals surface area (Å²) in [7, 11) is -2.44. The molecule has 0 aromatic heterocycles. The lowest BCUT2D eigenvalue weighted by Gasteiger charge is -2.23. The van der Waals surface area contributed by atoms with Crippen LogP contribution < -0.4 is 10.1 Å². The monoisotopic (exact) mass is 371 g/mol. The molecule has 7 nitrogen and oxygen atoms in total. The van der Waals surface area contributed by atoms with Crippen LogP contribution in [0.2, 0.25) is 5.02 Å². The van der Waals surface area contributed by atoms with Crippen molar-refractivity contribution in [1.29, 1.82) is 0 Å². The lowest BCUT2D eigenvalue weighted by atomic mass is 10.0. The van der Waals surface area contributed by atoms with Gasteiger partial charge in [-0.25, -0.2) is 8.37 Å². The maximum atomic E-state index is 11.6. The standard InChI is InChI=1S/C15H14ClNO6S/c1-21-13-8-11-9(3-2-4-10(11)7-12(13)16)5-6-17-14(18)15-22-24(19,20)23-15/h2-4,7-8,15H,5-6H2,1H3,(H,17,18). The van der Waals surface area contributed by atoms with Gasteiger partial charge < -0.3 is 10.1 Å². The maximum Gasteiger partial charge on any atom is 0.405 e. The van der Waals surface area contributed by atoms with Crippen LogP contribution in [0.3, 0.4) is 0 Å². The molecule has 0 aliphatic carbocycles. The van der Waals surface area contributed by atoms with E-state index in [4.69, 9.17) is 16.3 Å². The van der Waals surface area contributed by atoms with Gasteiger partial charge in [-0.2, -0.15) is 8.42 Å². The van der Waals surface area contributed by atoms with E-state index in [-0.39, 0.29) is 0 Å². The van der Waals surface area contributed by atoms with Crippen LogP contribution in [0, 0.1) is 0 Å². The molecule has 1 aliphatic rings. The zero-order chi connectivity index (χ0) is 17.3. The van der Waals surface area contributed by atoms with E-state index in [2.05, 4.69) is 13.7 Å². The number of carbonyl (C=O) groups excluding carboxylic acids is 1. The maximum absolute atomic E-state index is 11.6. The van der Waals surface area contributed by atoms with Crippen LogP contribution in [-0.2, 0) is 30.0 Å². The first kappa shape index (κ1) is 17.0. The molecule has 128 valence electrons. The normalized spacial score (nSPS) is 16.6. The molecule has 1 saturated heterocycles. The molecular formula is C15H14ClNO6S. The van der Waals surface area contributed by atoms with Gasteiger partial charge in [0.1, 0.15) is 5.75 Å². The molecule has 0 unspecified atom stereocenters. The summed E-state index contributed by atoms with van der Waals surface area (Å²) in [6.07, 6.45) is -0.866. The van der Waals surface area contributed by atoms with E-state index in [9.17, 15) is 13.2 Å². The van der Waals surface area contributed by atoms with Crippen LogP contribution in [-0.4, -0.2) is 34.3 Å². The quantitative estimate of drug-likeness (QED) is 0.861. The second kappa shape index (κ2) is 6.56. The molecular weight excluding hydrogens is 358 g/mol. The van der Waals surface area contributed by atoms with Gasteiger partial charge in [-0.05, 0) is 34.9 Å². The minimum Gasteiger partial charge on any atom is -0.495 e. The van der Waals surface area contributed by atoms with Crippen molar-refractivity contribution in [2.45, 2.75) is 12.7 Å². The van der Waals surface area contributed by atoms with Crippen molar-refractivity contribution in [3.05, 3.63) is 40.9 Å². The summed E-state index contributed by atoms with van der Waals surface area (Å²) in [5, 5.41) is 5.01. The molecule has 0 spiro atoms. The van der Waals surface area contributed by atoms with Crippen molar-refractivity contribution in [2.75, 3.05) is 13.7 Å². The minimum absolute atomic E-state index is 0.298. The topological polar surface area (TPSA) is 90.9 Å². The van der Waals surface area contributed by atoms with Gasteiger partial charge in [0.2, 0.25) is 0 Å². The van der Waals surface area contributed by atoms with Crippen LogP contribution >= 0.6 is 11.6 Å². The van der Waals surface area contributed by atoms with E-state index >= 15 is 0 Å². The number of halogens is 1. The fourth-order valence-corrected chi connectivity index (χ4v) is 3.30. The van der Waals surface area contributed by atoms with Gasteiger partial charge >= 0.3 is 10.4 Å². The summed E-state index contributed by atoms with van der Waals surface area (Å²) in [4.78, 5) is 11.6. The van der Waals surface area contributed by atoms with E-state index in [1.54, 1.807) is 7.11 Å². The fraction of sp³-hybridized carbons (Fsp3) is 0.267. The van der Waals surface area contributed by atoms with Crippen LogP contribution in [0.5, 0.6) is 5.75 Å². The van der Waals surface area contributed by atoms with E-state index in [0.29, 0.717) is 23.7 Å². The predicted molar refractivity (Wildman–Crippen MR) is 87.1 cm³/mol.